The molecule has 5 heterocycles. The van der Waals surface area contributed by atoms with E-state index in [1.807, 2.05) is 22.2 Å². The van der Waals surface area contributed by atoms with E-state index in [0.29, 0.717) is 23.7 Å². The van der Waals surface area contributed by atoms with Crippen molar-refractivity contribution >= 4 is 24.0 Å². The number of imidazole rings is 2. The molecule has 6 fully saturated rings. The van der Waals surface area contributed by atoms with Gasteiger partial charge >= 0.3 is 12.2 Å². The molecule has 2 aromatic heterocycles. The summed E-state index contributed by atoms with van der Waals surface area (Å²) in [5.74, 6) is 3.25. The first kappa shape index (κ1) is 32.3. The fraction of sp³-hybridized carbons (Fsp3) is 0.421. The summed E-state index contributed by atoms with van der Waals surface area (Å²) in [6.45, 7) is 3.36. The van der Waals surface area contributed by atoms with Crippen LogP contribution < -0.4 is 10.6 Å². The molecule has 10 rings (SSSR count). The Morgan fingerprint density at radius 1 is 0.692 bits per heavy atom. The third kappa shape index (κ3) is 5.22. The van der Waals surface area contributed by atoms with E-state index in [9.17, 15) is 19.2 Å². The van der Waals surface area contributed by atoms with Gasteiger partial charge in [0.25, 0.3) is 0 Å². The molecule has 3 aliphatic carbocycles. The van der Waals surface area contributed by atoms with Gasteiger partial charge in [-0.3, -0.25) is 9.59 Å². The van der Waals surface area contributed by atoms with Crippen LogP contribution in [0.4, 0.5) is 9.59 Å². The first-order valence-electron chi connectivity index (χ1n) is 17.8. The summed E-state index contributed by atoms with van der Waals surface area (Å²) in [6, 6.07) is 15.3. The predicted molar refractivity (Wildman–Crippen MR) is 187 cm³/mol. The van der Waals surface area contributed by atoms with E-state index in [1.54, 1.807) is 13.8 Å². The zero-order chi connectivity index (χ0) is 36.0. The number of nitrogens with one attached hydrogen (secondary N) is 4. The monoisotopic (exact) mass is 704 g/mol. The van der Waals surface area contributed by atoms with Crippen LogP contribution in [0.15, 0.2) is 60.9 Å². The first-order chi connectivity index (χ1) is 25.2. The average Bonchev–Trinajstić information content (AvgIpc) is 3.95. The van der Waals surface area contributed by atoms with Crippen molar-refractivity contribution in [1.82, 2.24) is 40.4 Å². The number of piperidine rings is 2. The normalized spacial score (nSPS) is 28.3. The highest BCUT2D eigenvalue weighted by molar-refractivity contribution is 5.88. The highest BCUT2D eigenvalue weighted by Gasteiger charge is 2.85. The molecule has 3 saturated heterocycles. The number of H-pyrrole nitrogens is 2. The lowest BCUT2D eigenvalue weighted by atomic mass is 10.0. The van der Waals surface area contributed by atoms with Crippen LogP contribution in [0.1, 0.15) is 50.4 Å². The van der Waals surface area contributed by atoms with Crippen molar-refractivity contribution in [3.63, 3.8) is 0 Å². The summed E-state index contributed by atoms with van der Waals surface area (Å²) >= 11 is 0. The molecular weight excluding hydrogens is 664 g/mol. The van der Waals surface area contributed by atoms with Gasteiger partial charge in [0.1, 0.15) is 23.7 Å². The number of likely N-dealkylation sites (tertiary alicyclic amines) is 1. The van der Waals surface area contributed by atoms with Crippen molar-refractivity contribution < 1.29 is 28.7 Å². The zero-order valence-electron chi connectivity index (χ0n) is 29.2. The summed E-state index contributed by atoms with van der Waals surface area (Å²) < 4.78 is 9.36. The summed E-state index contributed by atoms with van der Waals surface area (Å²) in [4.78, 5) is 70.2. The lowest BCUT2D eigenvalue weighted by Crippen LogP contribution is -2.47. The number of amides is 4. The van der Waals surface area contributed by atoms with Crippen LogP contribution in [0.5, 0.6) is 0 Å². The van der Waals surface area contributed by atoms with Crippen LogP contribution in [0, 0.1) is 23.7 Å². The number of hydrogen-bond donors (Lipinski definition) is 4. The van der Waals surface area contributed by atoms with Gasteiger partial charge in [0.2, 0.25) is 11.8 Å². The second-order valence-electron chi connectivity index (χ2n) is 14.7. The highest BCUT2D eigenvalue weighted by Crippen LogP contribution is 2.81. The number of methoxy groups -OCH3 is 2. The van der Waals surface area contributed by atoms with Crippen molar-refractivity contribution in [2.24, 2.45) is 23.7 Å². The minimum absolute atomic E-state index is 0.112. The summed E-state index contributed by atoms with van der Waals surface area (Å²) in [6.07, 6.45) is 4.21. The SMILES string of the molecule is COC(=O)N[C@@H](C)C(=O)N1C2C3C([C@@H]32)[C@H]1c1ncc(-c2ccc(-c3ccc(-c4cnc(C5C[C@H]6C[C@H]6N5C(=O)[C@H](C)NC(=O)OC)[nH]4)cc3)cc2)[nH]1. The van der Waals surface area contributed by atoms with Crippen molar-refractivity contribution in [2.75, 3.05) is 14.2 Å². The first-order valence-corrected chi connectivity index (χ1v) is 17.8. The van der Waals surface area contributed by atoms with Crippen molar-refractivity contribution in [3.8, 4) is 33.6 Å². The number of rotatable bonds is 9. The molecule has 14 heteroatoms. The Morgan fingerprint density at radius 2 is 1.17 bits per heavy atom. The molecule has 3 saturated carbocycles. The predicted octanol–water partition coefficient (Wildman–Crippen LogP) is 4.41. The molecule has 0 spiro atoms. The summed E-state index contributed by atoms with van der Waals surface area (Å²) in [7, 11) is 2.57. The van der Waals surface area contributed by atoms with Crippen LogP contribution in [0.25, 0.3) is 33.6 Å². The standard InChI is InChI=1S/C38H40N8O6/c1-17(41-37(49)51-3)35(47)45-26-13-23(26)14-27(45)33-39-15-24(43-33)21-9-5-19(6-10-21)20-7-11-22(12-8-20)25-16-40-34(44-25)32-30-28-29(30)31(28)46(32)36(48)18(2)42-38(50)52-4/h5-12,15-18,23,26-32H,13-14H2,1-4H3,(H,39,43)(H,40,44)(H,41,49)(H,42,50)/t17-,18-,23+,26+,27?,28+,29?,30?,31?,32-/m0/s1. The Hall–Kier alpha value is -5.66. The van der Waals surface area contributed by atoms with Crippen molar-refractivity contribution in [3.05, 3.63) is 72.6 Å². The Kier molecular flexibility index (Phi) is 7.42. The lowest BCUT2D eigenvalue weighted by molar-refractivity contribution is -0.135. The molecule has 3 aliphatic heterocycles. The molecule has 10 atom stereocenters. The van der Waals surface area contributed by atoms with E-state index in [0.717, 1.165) is 58.1 Å². The minimum Gasteiger partial charge on any atom is -0.453 e. The maximum absolute atomic E-state index is 13.3. The Balaban J connectivity index is 0.858. The van der Waals surface area contributed by atoms with E-state index in [1.165, 1.54) is 14.2 Å². The average molecular weight is 705 g/mol. The van der Waals surface area contributed by atoms with Crippen LogP contribution in [0.3, 0.4) is 0 Å². The van der Waals surface area contributed by atoms with Gasteiger partial charge in [0.05, 0.1) is 50.1 Å². The topological polar surface area (TPSA) is 175 Å². The van der Waals surface area contributed by atoms with Crippen LogP contribution in [-0.2, 0) is 19.1 Å². The fourth-order valence-corrected chi connectivity index (χ4v) is 8.83. The van der Waals surface area contributed by atoms with Gasteiger partial charge in [-0.1, -0.05) is 48.5 Å². The quantitative estimate of drug-likeness (QED) is 0.198. The number of aromatic nitrogens is 4. The number of carbonyl (C=O) groups excluding carboxylic acids is 4. The molecule has 4 unspecified atom stereocenters. The number of nitrogens with zero attached hydrogens (tertiary/aromatic N) is 4. The number of fused-ring (bicyclic) bond motifs is 2. The van der Waals surface area contributed by atoms with E-state index >= 15 is 0 Å². The molecule has 2 aromatic carbocycles. The van der Waals surface area contributed by atoms with E-state index < -0.39 is 24.3 Å². The van der Waals surface area contributed by atoms with Crippen molar-refractivity contribution in [1.29, 1.82) is 0 Å². The third-order valence-corrected chi connectivity index (χ3v) is 11.7. The Morgan fingerprint density at radius 3 is 1.71 bits per heavy atom. The van der Waals surface area contributed by atoms with Crippen LogP contribution in [0.2, 0.25) is 0 Å². The van der Waals surface area contributed by atoms with Gasteiger partial charge in [0, 0.05) is 12.1 Å². The highest BCUT2D eigenvalue weighted by atomic mass is 16.5. The number of benzene rings is 2. The molecule has 4 amide bonds. The molecule has 2 bridgehead atoms. The number of hydrogen-bond acceptors (Lipinski definition) is 8. The largest absolute Gasteiger partial charge is 0.453 e. The van der Waals surface area contributed by atoms with Crippen molar-refractivity contribution in [2.45, 2.75) is 62.9 Å². The molecule has 6 aliphatic rings. The number of alkyl carbamates (subject to hydrolysis) is 2. The molecule has 52 heavy (non-hydrogen) atoms. The molecule has 0 radical (unpaired) electrons. The number of ether oxygens (including phenoxy) is 2. The summed E-state index contributed by atoms with van der Waals surface area (Å²) in [5, 5.41) is 5.20. The number of carbonyl (C=O) groups is 4. The van der Waals surface area contributed by atoms with E-state index in [4.69, 9.17) is 4.98 Å². The second kappa shape index (κ2) is 12.0. The summed E-state index contributed by atoms with van der Waals surface area (Å²) in [5.41, 5.74) is 5.87. The fourth-order valence-electron chi connectivity index (χ4n) is 8.83. The lowest BCUT2D eigenvalue weighted by Gasteiger charge is -2.29. The third-order valence-electron chi connectivity index (χ3n) is 11.7. The van der Waals surface area contributed by atoms with Gasteiger partial charge < -0.3 is 39.9 Å². The van der Waals surface area contributed by atoms with Gasteiger partial charge in [-0.15, -0.1) is 0 Å². The van der Waals surface area contributed by atoms with E-state index in [2.05, 4.69) is 83.6 Å². The minimum atomic E-state index is -0.693. The molecular formula is C38H40N8O6. The molecule has 14 nitrogen and oxygen atoms in total. The zero-order valence-corrected chi connectivity index (χ0v) is 29.2. The number of aromatic amines is 2. The molecule has 268 valence electrons. The Bertz CT molecular complexity index is 2070. The maximum atomic E-state index is 13.3. The van der Waals surface area contributed by atoms with Crippen LogP contribution in [-0.4, -0.2) is 92.1 Å². The maximum Gasteiger partial charge on any atom is 0.407 e. The molecule has 4 N–H and O–H groups in total. The van der Waals surface area contributed by atoms with Crippen LogP contribution >= 0.6 is 0 Å². The van der Waals surface area contributed by atoms with Gasteiger partial charge in [-0.05, 0) is 72.6 Å². The van der Waals surface area contributed by atoms with Gasteiger partial charge in [0.15, 0.2) is 0 Å². The van der Waals surface area contributed by atoms with Gasteiger partial charge in [-0.25, -0.2) is 19.6 Å². The van der Waals surface area contributed by atoms with Gasteiger partial charge in [-0.2, -0.15) is 0 Å². The Labute approximate surface area is 299 Å². The molecule has 4 aromatic rings. The van der Waals surface area contributed by atoms with E-state index in [-0.39, 0.29) is 36.0 Å². The smallest absolute Gasteiger partial charge is 0.407 e. The second-order valence-corrected chi connectivity index (χ2v) is 14.7.